The fourth-order valence-corrected chi connectivity index (χ4v) is 1.16. The second-order valence-corrected chi connectivity index (χ2v) is 3.33. The molecule has 0 aliphatic heterocycles. The number of amides is 1. The molecule has 1 heterocycles. The van der Waals surface area contributed by atoms with Crippen molar-refractivity contribution in [3.05, 3.63) is 11.9 Å². The molecule has 1 aromatic rings. The normalized spacial score (nSPS) is 11.6. The van der Waals surface area contributed by atoms with Gasteiger partial charge in [-0.2, -0.15) is 15.4 Å². The Morgan fingerprint density at radius 3 is 2.78 bits per heavy atom. The van der Waals surface area contributed by atoms with E-state index in [-0.39, 0.29) is 18.5 Å². The minimum absolute atomic E-state index is 0.0284. The van der Waals surface area contributed by atoms with Crippen LogP contribution in [0.3, 0.4) is 0 Å². The molecule has 0 spiro atoms. The second kappa shape index (κ2) is 6.33. The number of esters is 1. The predicted molar refractivity (Wildman–Crippen MR) is 56.5 cm³/mol. The number of ether oxygens (including phenoxy) is 1. The largest absolute Gasteiger partial charge is 0.480 e. The summed E-state index contributed by atoms with van der Waals surface area (Å²) in [5, 5.41) is 20.3. The first-order valence-electron chi connectivity index (χ1n) is 5.01. The SMILES string of the molecule is COC(=O)CC[C@@H](NC(=O)c1cn[nH]n1)C(=O)O. The summed E-state index contributed by atoms with van der Waals surface area (Å²) in [4.78, 5) is 33.3. The smallest absolute Gasteiger partial charge is 0.326 e. The van der Waals surface area contributed by atoms with Gasteiger partial charge in [0.05, 0.1) is 13.3 Å². The summed E-state index contributed by atoms with van der Waals surface area (Å²) in [6.45, 7) is 0. The number of nitrogens with zero attached hydrogens (tertiary/aromatic N) is 2. The number of methoxy groups -OCH3 is 1. The molecular weight excluding hydrogens is 244 g/mol. The molecule has 1 atom stereocenters. The molecule has 9 heteroatoms. The van der Waals surface area contributed by atoms with Crippen molar-refractivity contribution in [3.63, 3.8) is 0 Å². The van der Waals surface area contributed by atoms with Crippen molar-refractivity contribution in [3.8, 4) is 0 Å². The van der Waals surface area contributed by atoms with Crippen molar-refractivity contribution in [1.29, 1.82) is 0 Å². The first-order valence-corrected chi connectivity index (χ1v) is 5.01. The Hall–Kier alpha value is -2.45. The average Bonchev–Trinajstić information content (AvgIpc) is 2.87. The van der Waals surface area contributed by atoms with E-state index >= 15 is 0 Å². The molecule has 1 amide bonds. The van der Waals surface area contributed by atoms with E-state index in [0.717, 1.165) is 6.20 Å². The zero-order valence-corrected chi connectivity index (χ0v) is 9.54. The van der Waals surface area contributed by atoms with Crippen molar-refractivity contribution in [1.82, 2.24) is 20.7 Å². The van der Waals surface area contributed by atoms with Crippen LogP contribution in [0.2, 0.25) is 0 Å². The van der Waals surface area contributed by atoms with E-state index in [2.05, 4.69) is 25.5 Å². The molecule has 3 N–H and O–H groups in total. The molecule has 0 saturated heterocycles. The fraction of sp³-hybridized carbons (Fsp3) is 0.444. The van der Waals surface area contributed by atoms with E-state index in [0.29, 0.717) is 0 Å². The lowest BCUT2D eigenvalue weighted by atomic mass is 10.1. The topological polar surface area (TPSA) is 134 Å². The second-order valence-electron chi connectivity index (χ2n) is 3.33. The summed E-state index contributed by atoms with van der Waals surface area (Å²) in [6, 6.07) is -1.19. The van der Waals surface area contributed by atoms with Gasteiger partial charge in [-0.1, -0.05) is 0 Å². The summed E-state index contributed by atoms with van der Waals surface area (Å²) >= 11 is 0. The van der Waals surface area contributed by atoms with Gasteiger partial charge >= 0.3 is 11.9 Å². The number of carboxylic acids is 1. The molecule has 0 aromatic carbocycles. The third-order valence-electron chi connectivity index (χ3n) is 2.12. The highest BCUT2D eigenvalue weighted by atomic mass is 16.5. The number of aliphatic carboxylic acids is 1. The van der Waals surface area contributed by atoms with Gasteiger partial charge in [-0.25, -0.2) is 4.79 Å². The van der Waals surface area contributed by atoms with E-state index in [1.807, 2.05) is 0 Å². The van der Waals surface area contributed by atoms with Crippen LogP contribution >= 0.6 is 0 Å². The van der Waals surface area contributed by atoms with Gasteiger partial charge < -0.3 is 15.2 Å². The Balaban J connectivity index is 2.55. The molecule has 1 aromatic heterocycles. The molecule has 0 unspecified atom stereocenters. The van der Waals surface area contributed by atoms with Gasteiger partial charge in [-0.05, 0) is 6.42 Å². The van der Waals surface area contributed by atoms with E-state index < -0.39 is 23.9 Å². The molecule has 0 saturated carbocycles. The van der Waals surface area contributed by atoms with Gasteiger partial charge in [0.15, 0.2) is 5.69 Å². The number of aromatic nitrogens is 3. The summed E-state index contributed by atoms with van der Waals surface area (Å²) in [5.41, 5.74) is -0.0284. The number of hydrogen-bond donors (Lipinski definition) is 3. The summed E-state index contributed by atoms with van der Waals surface area (Å²) in [7, 11) is 1.20. The first-order chi connectivity index (χ1) is 8.54. The molecule has 18 heavy (non-hydrogen) atoms. The van der Waals surface area contributed by atoms with Crippen LogP contribution in [0.25, 0.3) is 0 Å². The molecule has 98 valence electrons. The molecule has 0 aliphatic rings. The standard InChI is InChI=1S/C9H12N4O5/c1-18-7(14)3-2-5(9(16)17)11-8(15)6-4-10-13-12-6/h4-5H,2-3H2,1H3,(H,11,15)(H,16,17)(H,10,12,13)/t5-/m1/s1. The maximum absolute atomic E-state index is 11.5. The molecule has 0 bridgehead atoms. The minimum Gasteiger partial charge on any atom is -0.480 e. The summed E-state index contributed by atoms with van der Waals surface area (Å²) in [5.74, 6) is -2.46. The number of carbonyl (C=O) groups excluding carboxylic acids is 2. The predicted octanol–water partition coefficient (Wildman–Crippen LogP) is -1.06. The van der Waals surface area contributed by atoms with Crippen LogP contribution in [0.5, 0.6) is 0 Å². The molecule has 9 nitrogen and oxygen atoms in total. The lowest BCUT2D eigenvalue weighted by Gasteiger charge is -2.12. The van der Waals surface area contributed by atoms with Gasteiger partial charge in [0.2, 0.25) is 0 Å². The van der Waals surface area contributed by atoms with Crippen molar-refractivity contribution in [2.24, 2.45) is 0 Å². The van der Waals surface area contributed by atoms with Gasteiger partial charge in [0.1, 0.15) is 6.04 Å². The van der Waals surface area contributed by atoms with Gasteiger partial charge in [-0.15, -0.1) is 0 Å². The van der Waals surface area contributed by atoms with Crippen LogP contribution in [0, 0.1) is 0 Å². The first kappa shape index (κ1) is 13.6. The fourth-order valence-electron chi connectivity index (χ4n) is 1.16. The lowest BCUT2D eigenvalue weighted by molar-refractivity contribution is -0.142. The Labute approximate surface area is 102 Å². The Morgan fingerprint density at radius 2 is 2.28 bits per heavy atom. The van der Waals surface area contributed by atoms with Gasteiger partial charge in [0, 0.05) is 6.42 Å². The monoisotopic (exact) mass is 256 g/mol. The number of rotatable bonds is 6. The van der Waals surface area contributed by atoms with E-state index in [1.165, 1.54) is 7.11 Å². The van der Waals surface area contributed by atoms with Crippen LogP contribution < -0.4 is 5.32 Å². The quantitative estimate of drug-likeness (QED) is 0.552. The molecular formula is C9H12N4O5. The van der Waals surface area contributed by atoms with Crippen LogP contribution in [0.15, 0.2) is 6.20 Å². The van der Waals surface area contributed by atoms with Crippen LogP contribution in [0.1, 0.15) is 23.3 Å². The Morgan fingerprint density at radius 1 is 1.56 bits per heavy atom. The zero-order valence-electron chi connectivity index (χ0n) is 9.54. The summed E-state index contributed by atoms with van der Waals surface area (Å²) < 4.78 is 4.39. The van der Waals surface area contributed by atoms with Crippen molar-refractivity contribution < 1.29 is 24.2 Å². The van der Waals surface area contributed by atoms with Crippen LogP contribution in [-0.2, 0) is 14.3 Å². The van der Waals surface area contributed by atoms with E-state index in [9.17, 15) is 14.4 Å². The number of nitrogens with one attached hydrogen (secondary N) is 2. The molecule has 0 fully saturated rings. The highest BCUT2D eigenvalue weighted by Gasteiger charge is 2.22. The van der Waals surface area contributed by atoms with Crippen molar-refractivity contribution in [2.45, 2.75) is 18.9 Å². The number of H-pyrrole nitrogens is 1. The zero-order chi connectivity index (χ0) is 13.5. The van der Waals surface area contributed by atoms with E-state index in [1.54, 1.807) is 0 Å². The maximum Gasteiger partial charge on any atom is 0.326 e. The lowest BCUT2D eigenvalue weighted by Crippen LogP contribution is -2.41. The van der Waals surface area contributed by atoms with Crippen molar-refractivity contribution >= 4 is 17.8 Å². The highest BCUT2D eigenvalue weighted by Crippen LogP contribution is 2.01. The third-order valence-corrected chi connectivity index (χ3v) is 2.12. The highest BCUT2D eigenvalue weighted by molar-refractivity contribution is 5.94. The molecule has 0 aliphatic carbocycles. The van der Waals surface area contributed by atoms with Crippen LogP contribution in [0.4, 0.5) is 0 Å². The van der Waals surface area contributed by atoms with Gasteiger partial charge in [-0.3, -0.25) is 9.59 Å². The van der Waals surface area contributed by atoms with Crippen LogP contribution in [-0.4, -0.2) is 51.5 Å². The molecule has 1 rings (SSSR count). The minimum atomic E-state index is -1.24. The Bertz CT molecular complexity index is 430. The maximum atomic E-state index is 11.5. The summed E-state index contributed by atoms with van der Waals surface area (Å²) in [6.07, 6.45) is 0.993. The number of carbonyl (C=O) groups is 3. The number of carboxylic acid groups (broad SMARTS) is 1. The van der Waals surface area contributed by atoms with E-state index in [4.69, 9.17) is 5.11 Å². The van der Waals surface area contributed by atoms with Gasteiger partial charge in [0.25, 0.3) is 5.91 Å². The number of hydrogen-bond acceptors (Lipinski definition) is 6. The Kier molecular flexibility index (Phi) is 4.78. The number of aromatic amines is 1. The average molecular weight is 256 g/mol. The molecule has 0 radical (unpaired) electrons. The van der Waals surface area contributed by atoms with Crippen molar-refractivity contribution in [2.75, 3.05) is 7.11 Å². The third kappa shape index (κ3) is 3.85.